The second-order valence-electron chi connectivity index (χ2n) is 5.57. The molecule has 158 valence electrons. The number of anilines is 1. The van der Waals surface area contributed by atoms with E-state index in [-0.39, 0.29) is 29.2 Å². The number of carbonyl (C=O) groups excluding carboxylic acids is 1. The van der Waals surface area contributed by atoms with Gasteiger partial charge in [0.05, 0.1) is 18.1 Å². The maximum atomic E-state index is 13.9. The summed E-state index contributed by atoms with van der Waals surface area (Å²) in [6.45, 7) is 0. The van der Waals surface area contributed by atoms with Gasteiger partial charge >= 0.3 is 12.5 Å². The first kappa shape index (κ1) is 21.0. The van der Waals surface area contributed by atoms with Crippen molar-refractivity contribution in [2.45, 2.75) is 12.5 Å². The lowest BCUT2D eigenvalue weighted by atomic mass is 10.1. The lowest BCUT2D eigenvalue weighted by Gasteiger charge is -2.12. The van der Waals surface area contributed by atoms with Gasteiger partial charge in [0, 0.05) is 17.7 Å². The average Bonchev–Trinajstić information content (AvgIpc) is 3.03. The highest BCUT2D eigenvalue weighted by molar-refractivity contribution is 5.74. The van der Waals surface area contributed by atoms with Crippen molar-refractivity contribution in [3.63, 3.8) is 0 Å². The molecule has 0 unspecified atom stereocenters. The molecule has 14 heteroatoms. The van der Waals surface area contributed by atoms with E-state index in [4.69, 9.17) is 0 Å². The van der Waals surface area contributed by atoms with Crippen LogP contribution in [-0.4, -0.2) is 32.5 Å². The van der Waals surface area contributed by atoms with E-state index in [0.29, 0.717) is 6.07 Å². The second kappa shape index (κ2) is 7.61. The van der Waals surface area contributed by atoms with Gasteiger partial charge in [-0.25, -0.2) is 19.0 Å². The summed E-state index contributed by atoms with van der Waals surface area (Å²) < 4.78 is 93.8. The molecule has 0 aliphatic heterocycles. The molecule has 0 saturated heterocycles. The molecule has 0 saturated carbocycles. The van der Waals surface area contributed by atoms with Crippen LogP contribution in [-0.2, 0) is 11.0 Å². The third kappa shape index (κ3) is 4.82. The van der Waals surface area contributed by atoms with Crippen molar-refractivity contribution in [2.24, 2.45) is 0 Å². The summed E-state index contributed by atoms with van der Waals surface area (Å²) in [6, 6.07) is 3.31. The first-order valence-corrected chi connectivity index (χ1v) is 7.73. The minimum atomic E-state index is -5.09. The Bertz CT molecular complexity index is 1060. The van der Waals surface area contributed by atoms with E-state index >= 15 is 0 Å². The fourth-order valence-electron chi connectivity index (χ4n) is 2.39. The molecule has 7 nitrogen and oxygen atoms in total. The summed E-state index contributed by atoms with van der Waals surface area (Å²) >= 11 is 0. The lowest BCUT2D eigenvalue weighted by molar-refractivity contribution is -0.274. The number of ether oxygens (including phenoxy) is 1. The van der Waals surface area contributed by atoms with Crippen molar-refractivity contribution in [2.75, 3.05) is 5.32 Å². The summed E-state index contributed by atoms with van der Waals surface area (Å²) in [4.78, 5) is 17.0. The summed E-state index contributed by atoms with van der Waals surface area (Å²) in [5.74, 6) is -3.52. The number of hydrogen-bond donors (Lipinski definition) is 1. The van der Waals surface area contributed by atoms with E-state index in [1.54, 1.807) is 0 Å². The Morgan fingerprint density at radius 3 is 2.23 bits per heavy atom. The SMILES string of the molecule is O=CNc1cc(-c2cc(F)cc(OC(F)(F)F)c2)n(-c2cnc(C(F)(F)F)nc2)n1. The molecule has 0 fully saturated rings. The summed E-state index contributed by atoms with van der Waals surface area (Å²) in [5, 5.41) is 6.07. The fourth-order valence-corrected chi connectivity index (χ4v) is 2.39. The van der Waals surface area contributed by atoms with Gasteiger partial charge in [-0.15, -0.1) is 18.3 Å². The molecule has 1 N–H and O–H groups in total. The van der Waals surface area contributed by atoms with E-state index in [0.717, 1.165) is 35.3 Å². The number of carbonyl (C=O) groups is 1. The van der Waals surface area contributed by atoms with Gasteiger partial charge in [0.15, 0.2) is 5.82 Å². The molecule has 0 radical (unpaired) electrons. The number of aromatic nitrogens is 4. The van der Waals surface area contributed by atoms with Crippen LogP contribution in [0.15, 0.2) is 36.7 Å². The zero-order valence-corrected chi connectivity index (χ0v) is 14.3. The Hall–Kier alpha value is -3.71. The van der Waals surface area contributed by atoms with Gasteiger partial charge in [0.2, 0.25) is 12.2 Å². The Morgan fingerprint density at radius 1 is 1.00 bits per heavy atom. The Kier molecular flexibility index (Phi) is 5.33. The number of alkyl halides is 6. The van der Waals surface area contributed by atoms with E-state index < -0.39 is 29.9 Å². The van der Waals surface area contributed by atoms with Crippen molar-refractivity contribution in [1.29, 1.82) is 0 Å². The molecule has 2 aromatic heterocycles. The van der Waals surface area contributed by atoms with Gasteiger partial charge in [-0.3, -0.25) is 4.79 Å². The molecule has 0 spiro atoms. The molecule has 0 aliphatic rings. The highest BCUT2D eigenvalue weighted by Gasteiger charge is 2.34. The Morgan fingerprint density at radius 2 is 1.67 bits per heavy atom. The van der Waals surface area contributed by atoms with Crippen LogP contribution >= 0.6 is 0 Å². The molecule has 0 aliphatic carbocycles. The molecule has 1 amide bonds. The van der Waals surface area contributed by atoms with Crippen molar-refractivity contribution in [3.8, 4) is 22.7 Å². The van der Waals surface area contributed by atoms with Crippen LogP contribution in [0.3, 0.4) is 0 Å². The molecular weight excluding hydrogens is 427 g/mol. The van der Waals surface area contributed by atoms with Crippen molar-refractivity contribution in [1.82, 2.24) is 19.7 Å². The molecule has 1 aromatic carbocycles. The first-order valence-electron chi connectivity index (χ1n) is 7.73. The van der Waals surface area contributed by atoms with Gasteiger partial charge in [0.25, 0.3) is 0 Å². The quantitative estimate of drug-likeness (QED) is 0.485. The number of nitrogens with one attached hydrogen (secondary N) is 1. The molecule has 0 atom stereocenters. The van der Waals surface area contributed by atoms with Gasteiger partial charge in [-0.1, -0.05) is 0 Å². The molecule has 3 rings (SSSR count). The standard InChI is InChI=1S/C16H8F7N5O2/c17-9-1-8(2-11(3-9)30-16(21,22)23)12-4-13(26-7-29)27-28(12)10-5-24-14(25-6-10)15(18,19)20/h1-7H,(H,26,27,29). The minimum absolute atomic E-state index is 0.0887. The molecule has 30 heavy (non-hydrogen) atoms. The number of rotatable bonds is 5. The number of nitrogens with zero attached hydrogens (tertiary/aromatic N) is 4. The minimum Gasteiger partial charge on any atom is -0.406 e. The molecule has 3 aromatic rings. The topological polar surface area (TPSA) is 81.9 Å². The zero-order chi connectivity index (χ0) is 22.1. The van der Waals surface area contributed by atoms with Gasteiger partial charge in [-0.2, -0.15) is 13.2 Å². The summed E-state index contributed by atoms with van der Waals surface area (Å²) in [6.07, 6.45) is -8.14. The average molecular weight is 435 g/mol. The van der Waals surface area contributed by atoms with Crippen molar-refractivity contribution in [3.05, 3.63) is 48.3 Å². The Balaban J connectivity index is 2.11. The predicted octanol–water partition coefficient (Wildman–Crippen LogP) is 3.95. The van der Waals surface area contributed by atoms with Crippen LogP contribution in [0.2, 0.25) is 0 Å². The second-order valence-corrected chi connectivity index (χ2v) is 5.57. The molecule has 2 heterocycles. The van der Waals surface area contributed by atoms with Gasteiger partial charge < -0.3 is 10.1 Å². The van der Waals surface area contributed by atoms with Crippen molar-refractivity contribution < 1.29 is 40.3 Å². The summed E-state index contributed by atoms with van der Waals surface area (Å²) in [5.41, 5.74) is -0.408. The monoisotopic (exact) mass is 435 g/mol. The third-order valence-corrected chi connectivity index (χ3v) is 3.45. The summed E-state index contributed by atoms with van der Waals surface area (Å²) in [7, 11) is 0. The fraction of sp³-hybridized carbons (Fsp3) is 0.125. The van der Waals surface area contributed by atoms with Crippen LogP contribution in [0.25, 0.3) is 16.9 Å². The van der Waals surface area contributed by atoms with Crippen LogP contribution in [0.4, 0.5) is 36.6 Å². The first-order chi connectivity index (χ1) is 14.0. The van der Waals surface area contributed by atoms with Crippen LogP contribution in [0.1, 0.15) is 5.82 Å². The Labute approximate surface area is 162 Å². The smallest absolute Gasteiger partial charge is 0.406 e. The molecule has 0 bridgehead atoms. The van der Waals surface area contributed by atoms with E-state index in [1.807, 2.05) is 0 Å². The van der Waals surface area contributed by atoms with E-state index in [2.05, 4.69) is 25.1 Å². The number of amides is 1. The number of hydrogen-bond acceptors (Lipinski definition) is 5. The lowest BCUT2D eigenvalue weighted by Crippen LogP contribution is -2.17. The number of halogens is 7. The number of benzene rings is 1. The van der Waals surface area contributed by atoms with Gasteiger partial charge in [0.1, 0.15) is 17.3 Å². The maximum absolute atomic E-state index is 13.9. The van der Waals surface area contributed by atoms with Crippen LogP contribution in [0.5, 0.6) is 5.75 Å². The highest BCUT2D eigenvalue weighted by atomic mass is 19.4. The largest absolute Gasteiger partial charge is 0.573 e. The van der Waals surface area contributed by atoms with Gasteiger partial charge in [-0.05, 0) is 12.1 Å². The predicted molar refractivity (Wildman–Crippen MR) is 85.9 cm³/mol. The maximum Gasteiger partial charge on any atom is 0.573 e. The normalized spacial score (nSPS) is 12.0. The molecular formula is C16H8F7N5O2. The zero-order valence-electron chi connectivity index (χ0n) is 14.3. The highest BCUT2D eigenvalue weighted by Crippen LogP contribution is 2.32. The van der Waals surface area contributed by atoms with E-state index in [1.165, 1.54) is 0 Å². The van der Waals surface area contributed by atoms with Crippen molar-refractivity contribution >= 4 is 12.2 Å². The van der Waals surface area contributed by atoms with Crippen LogP contribution in [0, 0.1) is 5.82 Å². The third-order valence-electron chi connectivity index (χ3n) is 3.45. The van der Waals surface area contributed by atoms with Crippen LogP contribution < -0.4 is 10.1 Å². The van der Waals surface area contributed by atoms with E-state index in [9.17, 15) is 35.5 Å².